The molecule has 0 bridgehead atoms. The molecule has 204 valence electrons. The van der Waals surface area contributed by atoms with Crippen molar-refractivity contribution in [3.63, 3.8) is 0 Å². The third-order valence-electron chi connectivity index (χ3n) is 7.64. The van der Waals surface area contributed by atoms with Crippen molar-refractivity contribution in [3.8, 4) is 0 Å². The minimum Gasteiger partial charge on any atom is -0.450 e. The van der Waals surface area contributed by atoms with Gasteiger partial charge in [0.25, 0.3) is 11.8 Å². The Balaban J connectivity index is 1.53. The molecule has 1 unspecified atom stereocenters. The van der Waals surface area contributed by atoms with Crippen molar-refractivity contribution in [1.29, 1.82) is 0 Å². The normalized spacial score (nSPS) is 17.6. The summed E-state index contributed by atoms with van der Waals surface area (Å²) in [6, 6.07) is 19.7. The SMILES string of the molecule is CCCc1nnc(N2C(=O)c3oc4ccc(C)cc4c(=O)c3C23C(=O)N(Cc2ccc(Cl)cc2)c2ccccc23)s1. The average molecular weight is 583 g/mol. The maximum Gasteiger partial charge on any atom is 0.297 e. The molecule has 0 radical (unpaired) electrons. The molecule has 4 heterocycles. The molecule has 3 aromatic carbocycles. The molecule has 0 fully saturated rings. The van der Waals surface area contributed by atoms with Crippen molar-refractivity contribution >= 4 is 56.5 Å². The van der Waals surface area contributed by atoms with Gasteiger partial charge in [0.15, 0.2) is 11.0 Å². The van der Waals surface area contributed by atoms with Crippen molar-refractivity contribution in [2.45, 2.75) is 38.8 Å². The second-order valence-electron chi connectivity index (χ2n) is 10.2. The Hall–Kier alpha value is -4.34. The Kier molecular flexibility index (Phi) is 5.85. The molecule has 8 nitrogen and oxygen atoms in total. The van der Waals surface area contributed by atoms with Crippen LogP contribution in [0, 0.1) is 6.92 Å². The van der Waals surface area contributed by atoms with E-state index in [1.807, 2.05) is 44.2 Å². The smallest absolute Gasteiger partial charge is 0.297 e. The van der Waals surface area contributed by atoms with Crippen LogP contribution in [0.1, 0.15) is 51.2 Å². The van der Waals surface area contributed by atoms with Gasteiger partial charge in [-0.05, 0) is 49.2 Å². The summed E-state index contributed by atoms with van der Waals surface area (Å²) in [7, 11) is 0. The highest BCUT2D eigenvalue weighted by molar-refractivity contribution is 7.15. The van der Waals surface area contributed by atoms with E-state index in [0.29, 0.717) is 28.1 Å². The van der Waals surface area contributed by atoms with Crippen molar-refractivity contribution in [2.75, 3.05) is 9.80 Å². The van der Waals surface area contributed by atoms with E-state index in [0.717, 1.165) is 22.6 Å². The highest BCUT2D eigenvalue weighted by Crippen LogP contribution is 2.54. The van der Waals surface area contributed by atoms with Gasteiger partial charge in [0.1, 0.15) is 10.6 Å². The van der Waals surface area contributed by atoms with Crippen molar-refractivity contribution in [2.24, 2.45) is 0 Å². The van der Waals surface area contributed by atoms with Gasteiger partial charge in [-0.15, -0.1) is 10.2 Å². The Morgan fingerprint density at radius 1 is 1.00 bits per heavy atom. The highest BCUT2D eigenvalue weighted by atomic mass is 35.5. The van der Waals surface area contributed by atoms with Gasteiger partial charge in [-0.3, -0.25) is 19.3 Å². The van der Waals surface area contributed by atoms with Crippen LogP contribution in [-0.2, 0) is 23.3 Å². The van der Waals surface area contributed by atoms with E-state index >= 15 is 0 Å². The molecular formula is C31H23ClN4O4S. The zero-order chi connectivity index (χ0) is 28.5. The highest BCUT2D eigenvalue weighted by Gasteiger charge is 2.66. The third kappa shape index (κ3) is 3.62. The topological polar surface area (TPSA) is 96.6 Å². The van der Waals surface area contributed by atoms with Gasteiger partial charge in [0.2, 0.25) is 10.9 Å². The van der Waals surface area contributed by atoms with E-state index in [9.17, 15) is 14.4 Å². The lowest BCUT2D eigenvalue weighted by atomic mass is 9.84. The first-order valence-corrected chi connectivity index (χ1v) is 14.4. The summed E-state index contributed by atoms with van der Waals surface area (Å²) < 4.78 is 6.16. The predicted molar refractivity (Wildman–Crippen MR) is 158 cm³/mol. The second kappa shape index (κ2) is 9.36. The summed E-state index contributed by atoms with van der Waals surface area (Å²) in [5, 5.41) is 10.5. The summed E-state index contributed by atoms with van der Waals surface area (Å²) in [6.07, 6.45) is 1.52. The van der Waals surface area contributed by atoms with Crippen LogP contribution < -0.4 is 15.2 Å². The standard InChI is InChI=1S/C31H23ClN4O4S/c1-3-6-24-33-34-30(41-24)36-28(38)27-25(26(37)20-15-17(2)9-14-23(20)40-27)31(36)21-7-4-5-8-22(21)35(29(31)39)16-18-10-12-19(32)13-11-18/h4-5,7-15H,3,6,16H2,1-2H3. The number of carbonyl (C=O) groups excluding carboxylic acids is 2. The van der Waals surface area contributed by atoms with Gasteiger partial charge in [-0.25, -0.2) is 0 Å². The summed E-state index contributed by atoms with van der Waals surface area (Å²) in [5.41, 5.74) is 0.864. The van der Waals surface area contributed by atoms with Gasteiger partial charge >= 0.3 is 0 Å². The molecule has 1 atom stereocenters. The predicted octanol–water partition coefficient (Wildman–Crippen LogP) is 6.01. The first kappa shape index (κ1) is 25.6. The van der Waals surface area contributed by atoms with Crippen LogP contribution in [0.25, 0.3) is 11.0 Å². The molecule has 2 aliphatic rings. The van der Waals surface area contributed by atoms with Crippen LogP contribution in [0.4, 0.5) is 10.8 Å². The number of anilines is 2. The van der Waals surface area contributed by atoms with Crippen molar-refractivity contribution < 1.29 is 14.0 Å². The van der Waals surface area contributed by atoms with Crippen molar-refractivity contribution in [1.82, 2.24) is 10.2 Å². The van der Waals surface area contributed by atoms with Crippen LogP contribution in [0.5, 0.6) is 0 Å². The molecule has 5 aromatic rings. The molecule has 2 amide bonds. The molecule has 0 saturated heterocycles. The summed E-state index contributed by atoms with van der Waals surface area (Å²) in [6.45, 7) is 4.11. The van der Waals surface area contributed by atoms with Crippen LogP contribution in [0.3, 0.4) is 0 Å². The number of amides is 2. The molecule has 0 saturated carbocycles. The Morgan fingerprint density at radius 3 is 2.56 bits per heavy atom. The fraction of sp³-hybridized carbons (Fsp3) is 0.194. The molecule has 0 N–H and O–H groups in total. The number of carbonyl (C=O) groups is 2. The summed E-state index contributed by atoms with van der Waals surface area (Å²) in [5.74, 6) is -1.20. The number of fused-ring (bicyclic) bond motifs is 5. The molecule has 0 aliphatic carbocycles. The zero-order valence-electron chi connectivity index (χ0n) is 22.2. The maximum absolute atomic E-state index is 14.9. The van der Waals surface area contributed by atoms with E-state index in [1.54, 1.807) is 41.3 Å². The van der Waals surface area contributed by atoms with E-state index in [2.05, 4.69) is 10.2 Å². The average Bonchev–Trinajstić information content (AvgIpc) is 3.60. The number of rotatable bonds is 5. The van der Waals surface area contributed by atoms with Gasteiger partial charge in [-0.1, -0.05) is 71.8 Å². The minimum absolute atomic E-state index is 0.00361. The Labute approximate surface area is 243 Å². The Morgan fingerprint density at radius 2 is 1.78 bits per heavy atom. The van der Waals surface area contributed by atoms with Crippen LogP contribution in [0.15, 0.2) is 75.9 Å². The van der Waals surface area contributed by atoms with Crippen molar-refractivity contribution in [3.05, 3.63) is 115 Å². The zero-order valence-corrected chi connectivity index (χ0v) is 23.8. The van der Waals surface area contributed by atoms with E-state index in [-0.39, 0.29) is 28.6 Å². The van der Waals surface area contributed by atoms with Gasteiger partial charge in [0.05, 0.1) is 23.2 Å². The number of aromatic nitrogens is 2. The number of para-hydroxylation sites is 1. The molecular weight excluding hydrogens is 560 g/mol. The maximum atomic E-state index is 14.9. The van der Waals surface area contributed by atoms with Gasteiger partial charge in [0, 0.05) is 17.0 Å². The molecule has 10 heteroatoms. The molecule has 7 rings (SSSR count). The molecule has 2 aromatic heterocycles. The fourth-order valence-electron chi connectivity index (χ4n) is 5.86. The summed E-state index contributed by atoms with van der Waals surface area (Å²) >= 11 is 7.35. The van der Waals surface area contributed by atoms with E-state index < -0.39 is 22.8 Å². The van der Waals surface area contributed by atoms with Gasteiger partial charge < -0.3 is 9.32 Å². The summed E-state index contributed by atoms with van der Waals surface area (Å²) in [4.78, 5) is 46.5. The molecule has 1 spiro atoms. The lowest BCUT2D eigenvalue weighted by molar-refractivity contribution is -0.121. The number of hydrogen-bond acceptors (Lipinski definition) is 7. The molecule has 2 aliphatic heterocycles. The van der Waals surface area contributed by atoms with E-state index in [1.165, 1.54) is 16.2 Å². The van der Waals surface area contributed by atoms with Gasteiger partial charge in [-0.2, -0.15) is 0 Å². The van der Waals surface area contributed by atoms with Crippen LogP contribution in [0.2, 0.25) is 5.02 Å². The van der Waals surface area contributed by atoms with Crippen LogP contribution >= 0.6 is 22.9 Å². The number of nitrogens with zero attached hydrogens (tertiary/aromatic N) is 4. The number of aryl methyl sites for hydroxylation is 2. The number of benzene rings is 3. The monoisotopic (exact) mass is 582 g/mol. The lowest BCUT2D eigenvalue weighted by Crippen LogP contribution is -2.53. The number of halogens is 1. The Bertz CT molecular complexity index is 1950. The quantitative estimate of drug-likeness (QED) is 0.252. The largest absolute Gasteiger partial charge is 0.450 e. The molecule has 41 heavy (non-hydrogen) atoms. The number of hydrogen-bond donors (Lipinski definition) is 0. The van der Waals surface area contributed by atoms with Crippen LogP contribution in [-0.4, -0.2) is 22.0 Å². The lowest BCUT2D eigenvalue weighted by Gasteiger charge is -2.32. The first-order valence-electron chi connectivity index (χ1n) is 13.3. The second-order valence-corrected chi connectivity index (χ2v) is 11.7. The third-order valence-corrected chi connectivity index (χ3v) is 8.87. The van der Waals surface area contributed by atoms with E-state index in [4.69, 9.17) is 16.0 Å². The minimum atomic E-state index is -1.81. The first-order chi connectivity index (χ1) is 19.8. The fourth-order valence-corrected chi connectivity index (χ4v) is 6.97.